The Balaban J connectivity index is 4.02. The van der Waals surface area contributed by atoms with E-state index in [4.69, 9.17) is 12.0 Å². The Morgan fingerprint density at radius 2 is 0.520 bits per heavy atom. The molecule has 50 heavy (non-hydrogen) atoms. The molecule has 0 aliphatic carbocycles. The number of hydrogen-bond donors (Lipinski definition) is 0. The van der Waals surface area contributed by atoms with Crippen LogP contribution in [0.2, 0.25) is 0 Å². The first-order valence-corrected chi connectivity index (χ1v) is 16.7. The molecular formula is C5H9B44O. The predicted molar refractivity (Wildman–Crippen MR) is 279 cm³/mol. The summed E-state index contributed by atoms with van der Waals surface area (Å²) in [5.74, 6) is 0. The van der Waals surface area contributed by atoms with Gasteiger partial charge < -0.3 is 0 Å². The first-order valence-electron chi connectivity index (χ1n) is 16.7. The molecule has 1 nitrogen and oxygen atoms in total. The van der Waals surface area contributed by atoms with Crippen molar-refractivity contribution in [1.82, 2.24) is 0 Å². The zero-order chi connectivity index (χ0) is 35.9. The molecule has 1 radical (unpaired) electrons. The molecule has 0 unspecified atom stereocenters. The molecule has 167 valence electrons. The van der Waals surface area contributed by atoms with E-state index in [-0.39, 0.29) is 0 Å². The van der Waals surface area contributed by atoms with Gasteiger partial charge in [-0.05, 0) is 0 Å². The zero-order valence-corrected chi connectivity index (χ0v) is 29.4. The Morgan fingerprint density at radius 1 is 0.320 bits per heavy atom. The summed E-state index contributed by atoms with van der Waals surface area (Å²) in [5.41, 5.74) is 0. The van der Waals surface area contributed by atoms with Crippen LogP contribution in [0.1, 0.15) is 13.3 Å². The minimum atomic E-state index is 0.706. The Hall–Kier alpha value is 2.40. The molecule has 0 atom stereocenters. The fourth-order valence-electron chi connectivity index (χ4n) is 3.04. The quantitative estimate of drug-likeness (QED) is 0.0613. The van der Waals surface area contributed by atoms with Crippen LogP contribution in [0.15, 0.2) is 12.2 Å². The van der Waals surface area contributed by atoms with Crippen molar-refractivity contribution in [2.45, 2.75) is 13.3 Å². The molecule has 0 aromatic heterocycles. The first-order chi connectivity index (χ1) is 24.9. The molecule has 0 fully saturated rings. The summed E-state index contributed by atoms with van der Waals surface area (Å²) in [4.78, 5) is 0. The summed E-state index contributed by atoms with van der Waals surface area (Å²) in [7, 11) is 6.96. The fraction of sp³-hybridized carbons (Fsp3) is 0.600. The maximum absolute atomic E-state index is 5.35. The molecule has 0 N–H and O–H groups in total. The molecule has 0 spiro atoms. The van der Waals surface area contributed by atoms with E-state index in [1.165, 1.54) is 6.69 Å². The van der Waals surface area contributed by atoms with Gasteiger partial charge in [-0.25, -0.2) is 0 Å². The van der Waals surface area contributed by atoms with Crippen LogP contribution < -0.4 is 0 Å². The number of hydrogen-bond acceptors (Lipinski definition) is 1. The summed E-state index contributed by atoms with van der Waals surface area (Å²) >= 11 is 0. The second-order valence-corrected chi connectivity index (χ2v) is 9.45. The van der Waals surface area contributed by atoms with E-state index in [1.54, 1.807) is 13.7 Å². The molecule has 45 heteroatoms. The van der Waals surface area contributed by atoms with Gasteiger partial charge in [0, 0.05) is 0 Å². The van der Waals surface area contributed by atoms with E-state index in [9.17, 15) is 0 Å². The van der Waals surface area contributed by atoms with Gasteiger partial charge in [-0.15, -0.1) is 0 Å². The zero-order valence-electron chi connectivity index (χ0n) is 29.4. The molecule has 0 heterocycles. The first kappa shape index (κ1) is 52.4. The van der Waals surface area contributed by atoms with Crippen LogP contribution >= 0.6 is 0 Å². The molecular weight excluding hydrogens is 552 g/mol. The normalized spacial score (nSPS) is 8.16. The van der Waals surface area contributed by atoms with Crippen molar-refractivity contribution in [1.29, 1.82) is 0 Å². The van der Waals surface area contributed by atoms with Crippen LogP contribution in [0.4, 0.5) is 0 Å². The van der Waals surface area contributed by atoms with Crippen molar-refractivity contribution in [3.8, 4) is 0 Å². The van der Waals surface area contributed by atoms with Gasteiger partial charge in [0.25, 0.3) is 0 Å². The van der Waals surface area contributed by atoms with E-state index in [1.807, 2.05) is 281 Å². The van der Waals surface area contributed by atoms with Gasteiger partial charge in [0.1, 0.15) is 0 Å². The fourth-order valence-corrected chi connectivity index (χ4v) is 3.04. The summed E-state index contributed by atoms with van der Waals surface area (Å²) in [6, 6.07) is 0. The summed E-state index contributed by atoms with van der Waals surface area (Å²) < 4.78 is 5.35. The Bertz CT molecular complexity index is 1530. The van der Waals surface area contributed by atoms with E-state index < -0.39 is 0 Å². The van der Waals surface area contributed by atoms with Crippen molar-refractivity contribution in [2.24, 2.45) is 0 Å². The van der Waals surface area contributed by atoms with Crippen molar-refractivity contribution in [3.63, 3.8) is 0 Å². The molecule has 0 saturated heterocycles. The third-order valence-corrected chi connectivity index (χ3v) is 5.37. The van der Waals surface area contributed by atoms with Gasteiger partial charge in [-0.3, -0.25) is 0 Å². The predicted octanol–water partition coefficient (Wildman–Crippen LogP) is -15.3. The van der Waals surface area contributed by atoms with Crippen LogP contribution in [-0.4, -0.2) is 302 Å². The van der Waals surface area contributed by atoms with E-state index in [0.717, 1.165) is 6.42 Å². The summed E-state index contributed by atoms with van der Waals surface area (Å²) in [5, 5.41) is 0. The van der Waals surface area contributed by atoms with Gasteiger partial charge >= 0.3 is 332 Å². The van der Waals surface area contributed by atoms with Crippen LogP contribution in [0.3, 0.4) is 0 Å². The van der Waals surface area contributed by atoms with E-state index >= 15 is 0 Å². The monoisotopic (exact) mass is 569 g/mol. The molecule has 0 aromatic rings. The van der Waals surface area contributed by atoms with Crippen molar-refractivity contribution < 1.29 is 4.65 Å². The molecule has 0 amide bonds. The Kier molecular flexibility index (Phi) is 53.9. The second kappa shape index (κ2) is 51.4. The van der Waals surface area contributed by atoms with Gasteiger partial charge in [0.15, 0.2) is 0 Å². The Morgan fingerprint density at radius 3 is 0.720 bits per heavy atom. The van der Waals surface area contributed by atoms with Crippen LogP contribution in [0.5, 0.6) is 0 Å². The minimum absolute atomic E-state index is 0.706. The Labute approximate surface area is 329 Å². The third-order valence-electron chi connectivity index (χ3n) is 5.37. The number of rotatable bonds is 25. The maximum atomic E-state index is 5.35. The molecule has 0 aliphatic heterocycles. The van der Waals surface area contributed by atoms with Crippen molar-refractivity contribution in [2.75, 3.05) is 6.61 Å². The molecule has 0 rings (SSSR count). The molecule has 0 aliphatic rings. The van der Waals surface area contributed by atoms with Gasteiger partial charge in [-0.1, -0.05) is 0 Å². The van der Waals surface area contributed by atoms with Crippen LogP contribution in [0, 0.1) is 0 Å². The molecule has 0 aromatic carbocycles. The average Bonchev–Trinajstić information content (AvgIpc) is 3.13. The average molecular weight is 561 g/mol. The van der Waals surface area contributed by atoms with E-state index in [2.05, 4.69) is 6.08 Å². The number of allylic oxidation sites excluding steroid dienone is 1. The van der Waals surface area contributed by atoms with E-state index in [0.29, 0.717) is 6.61 Å². The summed E-state index contributed by atoms with van der Waals surface area (Å²) in [6.07, 6.45) is 5.05. The topological polar surface area (TPSA) is 9.23 Å². The third kappa shape index (κ3) is 50.4. The standard InChI is InChI=1S/C5H9B44O/c1-2-3-4-5-50-49-48-47-46-45-44-43-42-41-40-39-38-37-36-35-34-33-32-31-30-29-28-27-26-25-24-23-22-21-20-19-18-17-16-15-14-13-12-11-10-9-8-7-6/h2-3H,4-5H2,1H3/b3-2+. The van der Waals surface area contributed by atoms with Crippen LogP contribution in [-0.2, 0) is 4.65 Å². The summed E-state index contributed by atoms with van der Waals surface area (Å²) in [6.45, 7) is 85.1. The second-order valence-electron chi connectivity index (χ2n) is 9.45. The van der Waals surface area contributed by atoms with Gasteiger partial charge in [0.05, 0.1) is 0 Å². The van der Waals surface area contributed by atoms with Gasteiger partial charge in [-0.2, -0.15) is 0 Å². The molecule has 0 bridgehead atoms. The van der Waals surface area contributed by atoms with Crippen LogP contribution in [0.25, 0.3) is 0 Å². The van der Waals surface area contributed by atoms with Crippen molar-refractivity contribution in [3.05, 3.63) is 12.2 Å². The molecule has 0 saturated carbocycles. The van der Waals surface area contributed by atoms with Gasteiger partial charge in [0.2, 0.25) is 0 Å². The van der Waals surface area contributed by atoms with Crippen molar-refractivity contribution >= 4 is 295 Å². The SMILES string of the molecule is [B]=BB=BB=BB=BB=BB=BB=BB=BB=BB=BB=BB=BB=BB=BB=BB=BB=BB=BB=BB=BB=BB=BOCC/C=C/C.